The molecule has 236 valence electrons. The number of nitrogens with one attached hydrogen (secondary N) is 1. The fourth-order valence-corrected chi connectivity index (χ4v) is 5.41. The highest BCUT2D eigenvalue weighted by Gasteiger charge is 2.37. The van der Waals surface area contributed by atoms with Gasteiger partial charge in [0.25, 0.3) is 11.8 Å². The topological polar surface area (TPSA) is 115 Å². The van der Waals surface area contributed by atoms with Crippen LogP contribution in [0, 0.1) is 0 Å². The average molecular weight is 610 g/mol. The molecular formula is C35H43N7O3. The Morgan fingerprint density at radius 2 is 1.71 bits per heavy atom. The number of nitrogens with zero attached hydrogens (tertiary/aromatic N) is 6. The van der Waals surface area contributed by atoms with E-state index in [0.717, 1.165) is 24.2 Å². The number of fused-ring (bicyclic) bond motifs is 1. The number of carbonyl (C=O) groups excluding carboxylic acids is 2. The smallest absolute Gasteiger partial charge is 0.276 e. The first-order valence-electron chi connectivity index (χ1n) is 15.6. The van der Waals surface area contributed by atoms with E-state index in [4.69, 9.17) is 4.74 Å². The van der Waals surface area contributed by atoms with Crippen LogP contribution in [-0.2, 0) is 20.4 Å². The van der Waals surface area contributed by atoms with Crippen LogP contribution in [0.15, 0.2) is 66.4 Å². The molecule has 2 aromatic carbocycles. The highest BCUT2D eigenvalue weighted by atomic mass is 16.5. The molecule has 45 heavy (non-hydrogen) atoms. The molecule has 1 aliphatic heterocycles. The molecule has 0 spiro atoms. The summed E-state index contributed by atoms with van der Waals surface area (Å²) in [5, 5.41) is 8.89. The molecule has 0 bridgehead atoms. The molecule has 1 N–H and O–H groups in total. The van der Waals surface area contributed by atoms with Crippen molar-refractivity contribution in [3.63, 3.8) is 0 Å². The third-order valence-electron chi connectivity index (χ3n) is 9.20. The van der Waals surface area contributed by atoms with E-state index in [2.05, 4.69) is 79.0 Å². The number of anilines is 2. The van der Waals surface area contributed by atoms with Crippen molar-refractivity contribution >= 4 is 40.1 Å². The van der Waals surface area contributed by atoms with Crippen molar-refractivity contribution < 1.29 is 14.3 Å². The van der Waals surface area contributed by atoms with Gasteiger partial charge in [-0.25, -0.2) is 15.0 Å². The summed E-state index contributed by atoms with van der Waals surface area (Å²) in [5.41, 5.74) is 5.28. The maximum Gasteiger partial charge on any atom is 0.276 e. The van der Waals surface area contributed by atoms with Crippen molar-refractivity contribution in [3.8, 4) is 5.75 Å². The van der Waals surface area contributed by atoms with E-state index < -0.39 is 12.1 Å². The van der Waals surface area contributed by atoms with E-state index >= 15 is 0 Å². The molecule has 4 aromatic rings. The lowest BCUT2D eigenvalue weighted by Crippen LogP contribution is -2.33. The van der Waals surface area contributed by atoms with Crippen LogP contribution in [0.5, 0.6) is 5.75 Å². The standard InChI is InChI=1S/C35H43N7O3/c1-9-28(45-29-17-12-23(34(5,6)10-2)18-26(29)35(7,8)11-3)32(43)39-24-13-15-25(16-14-24)42-33(44)30(22(4)40-42)41-21-38-31-27(41)19-36-20-37-31/h12-21,28,30H,9-11H2,1-8H3,(H,39,43). The number of rotatable bonds is 11. The Morgan fingerprint density at radius 3 is 2.38 bits per heavy atom. The number of carbonyl (C=O) groups is 2. The van der Waals surface area contributed by atoms with E-state index in [-0.39, 0.29) is 22.6 Å². The molecule has 0 aliphatic carbocycles. The minimum Gasteiger partial charge on any atom is -0.480 e. The van der Waals surface area contributed by atoms with Gasteiger partial charge in [0.05, 0.1) is 23.9 Å². The second-order valence-electron chi connectivity index (χ2n) is 12.9. The van der Waals surface area contributed by atoms with Gasteiger partial charge in [-0.05, 0) is 72.9 Å². The number of benzene rings is 2. The number of imidazole rings is 1. The van der Waals surface area contributed by atoms with Crippen LogP contribution < -0.4 is 15.1 Å². The van der Waals surface area contributed by atoms with Crippen molar-refractivity contribution in [1.29, 1.82) is 0 Å². The van der Waals surface area contributed by atoms with Gasteiger partial charge in [0.15, 0.2) is 17.8 Å². The van der Waals surface area contributed by atoms with Gasteiger partial charge in [-0.3, -0.25) is 9.59 Å². The van der Waals surface area contributed by atoms with E-state index in [1.54, 1.807) is 41.4 Å². The van der Waals surface area contributed by atoms with Gasteiger partial charge in [0, 0.05) is 11.3 Å². The summed E-state index contributed by atoms with van der Waals surface area (Å²) in [4.78, 5) is 39.4. The summed E-state index contributed by atoms with van der Waals surface area (Å²) in [6.45, 7) is 17.1. The number of amides is 2. The van der Waals surface area contributed by atoms with Crippen molar-refractivity contribution in [3.05, 3.63) is 72.4 Å². The lowest BCUT2D eigenvalue weighted by atomic mass is 9.76. The van der Waals surface area contributed by atoms with Crippen molar-refractivity contribution in [2.75, 3.05) is 10.3 Å². The molecule has 0 saturated heterocycles. The molecule has 10 nitrogen and oxygen atoms in total. The van der Waals surface area contributed by atoms with Gasteiger partial charge in [-0.1, -0.05) is 60.6 Å². The van der Waals surface area contributed by atoms with Gasteiger partial charge < -0.3 is 14.6 Å². The van der Waals surface area contributed by atoms with Crippen LogP contribution in [0.4, 0.5) is 11.4 Å². The summed E-state index contributed by atoms with van der Waals surface area (Å²) in [7, 11) is 0. The normalized spacial score (nSPS) is 16.2. The third-order valence-corrected chi connectivity index (χ3v) is 9.20. The zero-order valence-electron chi connectivity index (χ0n) is 27.5. The monoisotopic (exact) mass is 609 g/mol. The van der Waals surface area contributed by atoms with Crippen LogP contribution in [-0.4, -0.2) is 43.1 Å². The second-order valence-corrected chi connectivity index (χ2v) is 12.9. The molecule has 3 heterocycles. The summed E-state index contributed by atoms with van der Waals surface area (Å²) in [6.07, 6.45) is 6.43. The number of aromatic nitrogens is 4. The van der Waals surface area contributed by atoms with Gasteiger partial charge >= 0.3 is 0 Å². The highest BCUT2D eigenvalue weighted by Crippen LogP contribution is 2.39. The lowest BCUT2D eigenvalue weighted by molar-refractivity contribution is -0.123. The largest absolute Gasteiger partial charge is 0.480 e. The zero-order chi connectivity index (χ0) is 32.5. The fraction of sp³-hybridized carbons (Fsp3) is 0.429. The minimum atomic E-state index is -0.678. The predicted octanol–water partition coefficient (Wildman–Crippen LogP) is 6.96. The number of hydrogen-bond donors (Lipinski definition) is 1. The number of hydrogen-bond acceptors (Lipinski definition) is 7. The Kier molecular flexibility index (Phi) is 8.78. The molecule has 2 unspecified atom stereocenters. The van der Waals surface area contributed by atoms with E-state index in [0.29, 0.717) is 34.7 Å². The fourth-order valence-electron chi connectivity index (χ4n) is 5.41. The first kappa shape index (κ1) is 31.8. The molecule has 2 aromatic heterocycles. The summed E-state index contributed by atoms with van der Waals surface area (Å²) in [6, 6.07) is 12.8. The molecule has 10 heteroatoms. The first-order chi connectivity index (χ1) is 21.4. The summed E-state index contributed by atoms with van der Waals surface area (Å²) >= 11 is 0. The zero-order valence-corrected chi connectivity index (χ0v) is 27.5. The SMILES string of the molecule is CCC(Oc1ccc(C(C)(C)CC)cc1C(C)(C)CC)C(=O)Nc1ccc(N2N=C(C)C(n3cnc4ncncc43)C2=O)cc1. The number of ether oxygens (including phenoxy) is 1. The van der Waals surface area contributed by atoms with E-state index in [1.807, 2.05) is 19.9 Å². The van der Waals surface area contributed by atoms with Crippen LogP contribution >= 0.6 is 0 Å². The average Bonchev–Trinajstić information content (AvgIpc) is 3.59. The molecule has 2 amide bonds. The molecule has 5 rings (SSSR count). The third kappa shape index (κ3) is 6.18. The number of hydrazone groups is 1. The summed E-state index contributed by atoms with van der Waals surface area (Å²) in [5.74, 6) is 0.289. The van der Waals surface area contributed by atoms with E-state index in [1.165, 1.54) is 16.9 Å². The second kappa shape index (κ2) is 12.4. The Bertz CT molecular complexity index is 1740. The molecule has 1 aliphatic rings. The maximum atomic E-state index is 13.5. The van der Waals surface area contributed by atoms with Gasteiger partial charge in [0.2, 0.25) is 0 Å². The van der Waals surface area contributed by atoms with Crippen LogP contribution in [0.1, 0.15) is 91.8 Å². The van der Waals surface area contributed by atoms with Crippen LogP contribution in [0.2, 0.25) is 0 Å². The van der Waals surface area contributed by atoms with Crippen LogP contribution in [0.25, 0.3) is 11.2 Å². The Morgan fingerprint density at radius 1 is 1.00 bits per heavy atom. The molecule has 2 atom stereocenters. The van der Waals surface area contributed by atoms with Crippen molar-refractivity contribution in [1.82, 2.24) is 19.5 Å². The van der Waals surface area contributed by atoms with Crippen LogP contribution in [0.3, 0.4) is 0 Å². The van der Waals surface area contributed by atoms with E-state index in [9.17, 15) is 9.59 Å². The van der Waals surface area contributed by atoms with Crippen molar-refractivity contribution in [2.45, 2.75) is 97.6 Å². The summed E-state index contributed by atoms with van der Waals surface area (Å²) < 4.78 is 8.17. The van der Waals surface area contributed by atoms with Crippen molar-refractivity contribution in [2.24, 2.45) is 5.10 Å². The molecule has 0 radical (unpaired) electrons. The Balaban J connectivity index is 1.30. The Hall–Kier alpha value is -4.60. The lowest BCUT2D eigenvalue weighted by Gasteiger charge is -2.31. The predicted molar refractivity (Wildman–Crippen MR) is 178 cm³/mol. The highest BCUT2D eigenvalue weighted by molar-refractivity contribution is 6.17. The molecular weight excluding hydrogens is 566 g/mol. The quantitative estimate of drug-likeness (QED) is 0.197. The van der Waals surface area contributed by atoms with Gasteiger partial charge in [0.1, 0.15) is 17.6 Å². The maximum absolute atomic E-state index is 13.5. The molecule has 0 saturated carbocycles. The Labute approximate surface area is 264 Å². The first-order valence-corrected chi connectivity index (χ1v) is 15.6. The minimum absolute atomic E-state index is 0.0399. The molecule has 0 fully saturated rings. The van der Waals surface area contributed by atoms with Gasteiger partial charge in [-0.2, -0.15) is 10.1 Å². The van der Waals surface area contributed by atoms with Gasteiger partial charge in [-0.15, -0.1) is 0 Å².